The molecule has 0 aromatic carbocycles. The van der Waals surface area contributed by atoms with E-state index in [4.69, 9.17) is 5.11 Å². The zero-order valence-corrected chi connectivity index (χ0v) is 11.6. The predicted molar refractivity (Wildman–Crippen MR) is 72.1 cm³/mol. The molecule has 1 aliphatic heterocycles. The highest BCUT2D eigenvalue weighted by Crippen LogP contribution is 2.04. The van der Waals surface area contributed by atoms with Gasteiger partial charge in [0.2, 0.25) is 5.91 Å². The van der Waals surface area contributed by atoms with Gasteiger partial charge in [-0.2, -0.15) is 11.8 Å². The highest BCUT2D eigenvalue weighted by atomic mass is 32.2. The molecule has 8 heteroatoms. The summed E-state index contributed by atoms with van der Waals surface area (Å²) in [5.41, 5.74) is 0. The summed E-state index contributed by atoms with van der Waals surface area (Å²) in [4.78, 5) is 34.1. The van der Waals surface area contributed by atoms with E-state index in [-0.39, 0.29) is 5.91 Å². The predicted octanol–water partition coefficient (Wildman–Crippen LogP) is -0.229. The molecule has 0 aromatic heterocycles. The van der Waals surface area contributed by atoms with Crippen molar-refractivity contribution in [3.05, 3.63) is 0 Å². The Morgan fingerprint density at radius 1 is 1.58 bits per heavy atom. The first-order valence-corrected chi connectivity index (χ1v) is 7.50. The highest BCUT2D eigenvalue weighted by Gasteiger charge is 2.25. The van der Waals surface area contributed by atoms with Gasteiger partial charge in [-0.05, 0) is 31.3 Å². The van der Waals surface area contributed by atoms with Gasteiger partial charge in [0.15, 0.2) is 0 Å². The first-order chi connectivity index (χ1) is 9.04. The van der Waals surface area contributed by atoms with Crippen LogP contribution in [0.4, 0.5) is 4.79 Å². The molecule has 0 aromatic rings. The van der Waals surface area contributed by atoms with Crippen LogP contribution < -0.4 is 16.0 Å². The van der Waals surface area contributed by atoms with Gasteiger partial charge in [-0.25, -0.2) is 9.59 Å². The van der Waals surface area contributed by atoms with Crippen molar-refractivity contribution in [2.75, 3.05) is 18.6 Å². The maximum atomic E-state index is 11.7. The molecule has 1 fully saturated rings. The second-order valence-corrected chi connectivity index (χ2v) is 5.26. The van der Waals surface area contributed by atoms with Crippen molar-refractivity contribution in [1.82, 2.24) is 16.0 Å². The number of carboxylic acids is 1. The molecule has 1 rings (SSSR count). The average molecular weight is 289 g/mol. The zero-order chi connectivity index (χ0) is 14.3. The molecule has 0 spiro atoms. The summed E-state index contributed by atoms with van der Waals surface area (Å²) in [6, 6.07) is -2.13. The Bertz CT molecular complexity index is 351. The molecule has 1 saturated heterocycles. The van der Waals surface area contributed by atoms with E-state index in [0.29, 0.717) is 25.1 Å². The van der Waals surface area contributed by atoms with E-state index < -0.39 is 24.1 Å². The number of carboxylic acid groups (broad SMARTS) is 1. The van der Waals surface area contributed by atoms with Crippen molar-refractivity contribution < 1.29 is 19.5 Å². The number of carbonyl (C=O) groups is 3. The van der Waals surface area contributed by atoms with Crippen LogP contribution in [0, 0.1) is 0 Å². The molecule has 1 aliphatic rings. The lowest BCUT2D eigenvalue weighted by Gasteiger charge is -2.23. The molecule has 4 N–H and O–H groups in total. The SMILES string of the molecule is CSCCC(NC(=O)NC1CCCNC1=O)C(=O)O. The first kappa shape index (κ1) is 15.6. The van der Waals surface area contributed by atoms with E-state index >= 15 is 0 Å². The number of hydrogen-bond acceptors (Lipinski definition) is 4. The summed E-state index contributed by atoms with van der Waals surface area (Å²) < 4.78 is 0. The molecule has 3 amide bonds. The van der Waals surface area contributed by atoms with Crippen molar-refractivity contribution >= 4 is 29.7 Å². The minimum atomic E-state index is -1.07. The lowest BCUT2D eigenvalue weighted by molar-refractivity contribution is -0.139. The van der Waals surface area contributed by atoms with Crippen LogP contribution in [0.1, 0.15) is 19.3 Å². The van der Waals surface area contributed by atoms with Crippen molar-refractivity contribution in [3.8, 4) is 0 Å². The molecule has 1 heterocycles. The van der Waals surface area contributed by atoms with Gasteiger partial charge in [-0.15, -0.1) is 0 Å². The van der Waals surface area contributed by atoms with Gasteiger partial charge in [0, 0.05) is 6.54 Å². The van der Waals surface area contributed by atoms with E-state index in [1.807, 2.05) is 6.26 Å². The van der Waals surface area contributed by atoms with Gasteiger partial charge < -0.3 is 21.1 Å². The fraction of sp³-hybridized carbons (Fsp3) is 0.727. The normalized spacial score (nSPS) is 20.3. The third kappa shape index (κ3) is 5.37. The van der Waals surface area contributed by atoms with Gasteiger partial charge in [-0.3, -0.25) is 4.79 Å². The first-order valence-electron chi connectivity index (χ1n) is 6.11. The van der Waals surface area contributed by atoms with E-state index in [9.17, 15) is 14.4 Å². The lowest BCUT2D eigenvalue weighted by Crippen LogP contribution is -2.55. The number of amides is 3. The molecule has 0 saturated carbocycles. The molecule has 2 unspecified atom stereocenters. The number of rotatable bonds is 6. The third-order valence-electron chi connectivity index (χ3n) is 2.80. The van der Waals surface area contributed by atoms with Crippen molar-refractivity contribution in [1.29, 1.82) is 0 Å². The van der Waals surface area contributed by atoms with Gasteiger partial charge in [0.1, 0.15) is 12.1 Å². The Morgan fingerprint density at radius 3 is 2.89 bits per heavy atom. The number of aliphatic carboxylic acids is 1. The summed E-state index contributed by atoms with van der Waals surface area (Å²) in [6.45, 7) is 0.615. The Hall–Kier alpha value is -1.44. The Balaban J connectivity index is 2.43. The summed E-state index contributed by atoms with van der Waals surface area (Å²) in [6.07, 6.45) is 3.58. The van der Waals surface area contributed by atoms with Crippen LogP contribution in [0.5, 0.6) is 0 Å². The van der Waals surface area contributed by atoms with Gasteiger partial charge >= 0.3 is 12.0 Å². The zero-order valence-electron chi connectivity index (χ0n) is 10.8. The average Bonchev–Trinajstić information content (AvgIpc) is 2.37. The van der Waals surface area contributed by atoms with E-state index in [1.54, 1.807) is 0 Å². The number of urea groups is 1. The lowest BCUT2D eigenvalue weighted by atomic mass is 10.1. The minimum Gasteiger partial charge on any atom is -0.480 e. The summed E-state index contributed by atoms with van der Waals surface area (Å²) >= 11 is 1.51. The standard InChI is InChI=1S/C11H19N3O4S/c1-19-6-4-8(10(16)17)14-11(18)13-7-3-2-5-12-9(7)15/h7-8H,2-6H2,1H3,(H,12,15)(H,16,17)(H2,13,14,18). The van der Waals surface area contributed by atoms with Crippen LogP contribution >= 0.6 is 11.8 Å². The Morgan fingerprint density at radius 2 is 2.32 bits per heavy atom. The molecular formula is C11H19N3O4S. The Kier molecular flexibility index (Phi) is 6.48. The topological polar surface area (TPSA) is 108 Å². The van der Waals surface area contributed by atoms with E-state index in [1.165, 1.54) is 11.8 Å². The summed E-state index contributed by atoms with van der Waals surface area (Å²) in [5.74, 6) is -0.657. The largest absolute Gasteiger partial charge is 0.480 e. The molecule has 0 radical (unpaired) electrons. The summed E-state index contributed by atoms with van der Waals surface area (Å²) in [7, 11) is 0. The number of nitrogens with one attached hydrogen (secondary N) is 3. The molecule has 19 heavy (non-hydrogen) atoms. The van der Waals surface area contributed by atoms with Crippen LogP contribution in [-0.2, 0) is 9.59 Å². The molecule has 0 aliphatic carbocycles. The number of hydrogen-bond donors (Lipinski definition) is 4. The molecule has 108 valence electrons. The monoisotopic (exact) mass is 289 g/mol. The van der Waals surface area contributed by atoms with Crippen LogP contribution in [0.15, 0.2) is 0 Å². The van der Waals surface area contributed by atoms with Crippen molar-refractivity contribution in [2.45, 2.75) is 31.3 Å². The smallest absolute Gasteiger partial charge is 0.326 e. The molecule has 2 atom stereocenters. The van der Waals surface area contributed by atoms with Crippen LogP contribution in [0.25, 0.3) is 0 Å². The fourth-order valence-electron chi connectivity index (χ4n) is 1.76. The van der Waals surface area contributed by atoms with Crippen molar-refractivity contribution in [3.63, 3.8) is 0 Å². The quantitative estimate of drug-likeness (QED) is 0.540. The third-order valence-corrected chi connectivity index (χ3v) is 3.45. The maximum absolute atomic E-state index is 11.7. The molecule has 0 bridgehead atoms. The number of piperidine rings is 1. The second-order valence-electron chi connectivity index (χ2n) is 4.28. The number of thioether (sulfide) groups is 1. The molecular weight excluding hydrogens is 270 g/mol. The van der Waals surface area contributed by atoms with E-state index in [2.05, 4.69) is 16.0 Å². The van der Waals surface area contributed by atoms with Gasteiger partial charge in [0.25, 0.3) is 0 Å². The molecule has 7 nitrogen and oxygen atoms in total. The fourth-order valence-corrected chi connectivity index (χ4v) is 2.23. The van der Waals surface area contributed by atoms with Crippen LogP contribution in [-0.4, -0.2) is 53.7 Å². The Labute approximate surface area is 115 Å². The highest BCUT2D eigenvalue weighted by molar-refractivity contribution is 7.98. The van der Waals surface area contributed by atoms with Crippen LogP contribution in [0.3, 0.4) is 0 Å². The second kappa shape index (κ2) is 7.88. The minimum absolute atomic E-state index is 0.225. The van der Waals surface area contributed by atoms with E-state index in [0.717, 1.165) is 6.42 Å². The summed E-state index contributed by atoms with van der Waals surface area (Å²) in [5, 5.41) is 16.5. The van der Waals surface area contributed by atoms with Crippen LogP contribution in [0.2, 0.25) is 0 Å². The number of carbonyl (C=O) groups excluding carboxylic acids is 2. The van der Waals surface area contributed by atoms with Gasteiger partial charge in [0.05, 0.1) is 0 Å². The maximum Gasteiger partial charge on any atom is 0.326 e. The van der Waals surface area contributed by atoms with Gasteiger partial charge in [-0.1, -0.05) is 0 Å². The van der Waals surface area contributed by atoms with Crippen molar-refractivity contribution in [2.24, 2.45) is 0 Å².